The van der Waals surface area contributed by atoms with Crippen LogP contribution in [0.15, 0.2) is 18.3 Å². The second kappa shape index (κ2) is 11.7. The van der Waals surface area contributed by atoms with Crippen molar-refractivity contribution in [2.45, 2.75) is 47.6 Å². The van der Waals surface area contributed by atoms with Crippen molar-refractivity contribution in [3.8, 4) is 0 Å². The third kappa shape index (κ3) is 8.32. The second-order valence-corrected chi connectivity index (χ2v) is 3.85. The molecule has 1 N–H and O–H groups in total. The first-order valence-corrected chi connectivity index (χ1v) is 6.90. The van der Waals surface area contributed by atoms with E-state index in [0.29, 0.717) is 5.82 Å². The summed E-state index contributed by atoms with van der Waals surface area (Å²) in [7, 11) is 3.74. The van der Waals surface area contributed by atoms with Crippen LogP contribution in [0.25, 0.3) is 0 Å². The summed E-state index contributed by atoms with van der Waals surface area (Å²) in [5.41, 5.74) is 1.08. The molecule has 0 aliphatic rings. The highest BCUT2D eigenvalue weighted by Gasteiger charge is 2.14. The highest BCUT2D eigenvalue weighted by molar-refractivity contribution is 5.93. The lowest BCUT2D eigenvalue weighted by Crippen LogP contribution is -2.37. The fraction of sp³-hybridized carbons (Fsp3) is 0.600. The van der Waals surface area contributed by atoms with Gasteiger partial charge in [0.05, 0.1) is 6.04 Å². The molecule has 19 heavy (non-hydrogen) atoms. The van der Waals surface area contributed by atoms with Gasteiger partial charge < -0.3 is 5.32 Å². The molecule has 1 aromatic heterocycles. The molecule has 1 unspecified atom stereocenters. The number of carbonyl (C=O) groups excluding carboxylic acids is 1. The lowest BCUT2D eigenvalue weighted by Gasteiger charge is -2.18. The van der Waals surface area contributed by atoms with Gasteiger partial charge in [0.25, 0.3) is 0 Å². The number of amides is 1. The highest BCUT2D eigenvalue weighted by Crippen LogP contribution is 2.06. The fourth-order valence-electron chi connectivity index (χ4n) is 1.07. The van der Waals surface area contributed by atoms with Crippen molar-refractivity contribution >= 4 is 11.7 Å². The summed E-state index contributed by atoms with van der Waals surface area (Å²) in [6.45, 7) is 11.8. The number of anilines is 1. The largest absolute Gasteiger partial charge is 0.309 e. The zero-order valence-electron chi connectivity index (χ0n) is 13.6. The summed E-state index contributed by atoms with van der Waals surface area (Å²) in [5.74, 6) is 0.562. The fourth-order valence-corrected chi connectivity index (χ4v) is 1.07. The molecule has 0 spiro atoms. The van der Waals surface area contributed by atoms with Crippen molar-refractivity contribution < 1.29 is 4.79 Å². The van der Waals surface area contributed by atoms with Crippen molar-refractivity contribution in [1.82, 2.24) is 9.88 Å². The van der Waals surface area contributed by atoms with Crippen molar-refractivity contribution in [1.29, 1.82) is 0 Å². The summed E-state index contributed by atoms with van der Waals surface area (Å²) < 4.78 is 0. The van der Waals surface area contributed by atoms with Gasteiger partial charge in [0, 0.05) is 6.20 Å². The van der Waals surface area contributed by atoms with E-state index in [1.807, 2.05) is 72.7 Å². The lowest BCUT2D eigenvalue weighted by molar-refractivity contribution is -0.119. The molecule has 0 radical (unpaired) electrons. The van der Waals surface area contributed by atoms with Gasteiger partial charge in [0.15, 0.2) is 0 Å². The average molecular weight is 267 g/mol. The molecule has 0 fully saturated rings. The van der Waals surface area contributed by atoms with Crippen molar-refractivity contribution in [2.24, 2.45) is 0 Å². The van der Waals surface area contributed by atoms with Gasteiger partial charge in [0.1, 0.15) is 5.82 Å². The minimum Gasteiger partial charge on any atom is -0.309 e. The number of pyridine rings is 1. The Morgan fingerprint density at radius 1 is 1.26 bits per heavy atom. The predicted octanol–water partition coefficient (Wildman–Crippen LogP) is 3.33. The molecule has 0 saturated heterocycles. The molecule has 0 bridgehead atoms. The van der Waals surface area contributed by atoms with Crippen LogP contribution >= 0.6 is 0 Å². The Hall–Kier alpha value is -1.42. The maximum absolute atomic E-state index is 11.7. The maximum Gasteiger partial charge on any atom is 0.242 e. The number of hydrogen-bond acceptors (Lipinski definition) is 3. The Morgan fingerprint density at radius 3 is 2.21 bits per heavy atom. The molecule has 4 heteroatoms. The first kappa shape index (κ1) is 19.9. The van der Waals surface area contributed by atoms with E-state index < -0.39 is 0 Å². The van der Waals surface area contributed by atoms with E-state index in [1.165, 1.54) is 0 Å². The minimum absolute atomic E-state index is 0.0434. The molecule has 0 saturated carbocycles. The first-order valence-electron chi connectivity index (χ1n) is 6.90. The van der Waals surface area contributed by atoms with E-state index in [9.17, 15) is 4.79 Å². The number of likely N-dealkylation sites (N-methyl/N-ethyl adjacent to an activating group) is 1. The Morgan fingerprint density at radius 2 is 1.79 bits per heavy atom. The van der Waals surface area contributed by atoms with Gasteiger partial charge in [0.2, 0.25) is 5.91 Å². The van der Waals surface area contributed by atoms with Crippen molar-refractivity contribution in [2.75, 3.05) is 19.4 Å². The number of aryl methyl sites for hydroxylation is 1. The third-order valence-corrected chi connectivity index (χ3v) is 2.32. The number of aromatic nitrogens is 1. The van der Waals surface area contributed by atoms with E-state index in [-0.39, 0.29) is 11.9 Å². The van der Waals surface area contributed by atoms with Crippen LogP contribution in [0.3, 0.4) is 0 Å². The molecule has 1 amide bonds. The highest BCUT2D eigenvalue weighted by atomic mass is 16.2. The van der Waals surface area contributed by atoms with Crippen LogP contribution < -0.4 is 5.32 Å². The van der Waals surface area contributed by atoms with E-state index in [1.54, 1.807) is 6.20 Å². The topological polar surface area (TPSA) is 45.2 Å². The van der Waals surface area contributed by atoms with Gasteiger partial charge in [-0.3, -0.25) is 9.69 Å². The van der Waals surface area contributed by atoms with Crippen LogP contribution in [-0.4, -0.2) is 35.9 Å². The number of nitrogens with one attached hydrogen (secondary N) is 1. The van der Waals surface area contributed by atoms with Crippen LogP contribution in [0.4, 0.5) is 5.82 Å². The van der Waals surface area contributed by atoms with Crippen LogP contribution in [0, 0.1) is 6.92 Å². The Bertz CT molecular complexity index is 351. The molecule has 1 heterocycles. The molecule has 1 aromatic rings. The minimum atomic E-state index is -0.160. The quantitative estimate of drug-likeness (QED) is 0.913. The number of hydrogen-bond donors (Lipinski definition) is 1. The van der Waals surface area contributed by atoms with Gasteiger partial charge >= 0.3 is 0 Å². The van der Waals surface area contributed by atoms with Crippen LogP contribution in [0.5, 0.6) is 0 Å². The van der Waals surface area contributed by atoms with Crippen LogP contribution in [-0.2, 0) is 4.79 Å². The average Bonchev–Trinajstić information content (AvgIpc) is 2.42. The summed E-state index contributed by atoms with van der Waals surface area (Å²) in [5, 5.41) is 2.77. The first-order chi connectivity index (χ1) is 9.00. The molecule has 1 rings (SSSR count). The molecule has 4 nitrogen and oxygen atoms in total. The molecular weight excluding hydrogens is 238 g/mol. The monoisotopic (exact) mass is 267 g/mol. The molecule has 0 aromatic carbocycles. The van der Waals surface area contributed by atoms with Crippen molar-refractivity contribution in [3.05, 3.63) is 23.9 Å². The molecule has 0 aliphatic heterocycles. The lowest BCUT2D eigenvalue weighted by atomic mass is 10.2. The standard InChI is InChI=1S/C11H17N3O.2C2H6/c1-8-5-6-12-10(7-8)13-11(15)9(2)14(3)4;2*1-2/h5-7,9H,1-4H3,(H,12,13,15);2*1-2H3. The predicted molar refractivity (Wildman–Crippen MR) is 83.4 cm³/mol. The zero-order chi connectivity index (χ0) is 15.4. The van der Waals surface area contributed by atoms with Gasteiger partial charge in [-0.1, -0.05) is 27.7 Å². The van der Waals surface area contributed by atoms with E-state index >= 15 is 0 Å². The van der Waals surface area contributed by atoms with E-state index in [0.717, 1.165) is 5.56 Å². The molecule has 0 aliphatic carbocycles. The summed E-state index contributed by atoms with van der Waals surface area (Å²) >= 11 is 0. The van der Waals surface area contributed by atoms with Crippen LogP contribution in [0.1, 0.15) is 40.2 Å². The summed E-state index contributed by atoms with van der Waals surface area (Å²) in [6, 6.07) is 3.58. The van der Waals surface area contributed by atoms with Gasteiger partial charge in [-0.05, 0) is 45.6 Å². The Balaban J connectivity index is 0. The Kier molecular flexibility index (Phi) is 12.2. The summed E-state index contributed by atoms with van der Waals surface area (Å²) in [6.07, 6.45) is 1.69. The smallest absolute Gasteiger partial charge is 0.242 e. The van der Waals surface area contributed by atoms with Gasteiger partial charge in [-0.25, -0.2) is 4.98 Å². The van der Waals surface area contributed by atoms with Gasteiger partial charge in [-0.15, -0.1) is 0 Å². The second-order valence-electron chi connectivity index (χ2n) is 3.85. The number of rotatable bonds is 3. The number of nitrogens with zero attached hydrogens (tertiary/aromatic N) is 2. The maximum atomic E-state index is 11.7. The summed E-state index contributed by atoms with van der Waals surface area (Å²) in [4.78, 5) is 17.6. The van der Waals surface area contributed by atoms with E-state index in [2.05, 4.69) is 10.3 Å². The molecule has 110 valence electrons. The number of carbonyl (C=O) groups is 1. The normalized spacial score (nSPS) is 10.6. The van der Waals surface area contributed by atoms with Crippen LogP contribution in [0.2, 0.25) is 0 Å². The third-order valence-electron chi connectivity index (χ3n) is 2.32. The SMILES string of the molecule is CC.CC.Cc1ccnc(NC(=O)C(C)N(C)C)c1. The molecular formula is C15H29N3O. The van der Waals surface area contributed by atoms with Gasteiger partial charge in [-0.2, -0.15) is 0 Å². The van der Waals surface area contributed by atoms with E-state index in [4.69, 9.17) is 0 Å². The zero-order valence-corrected chi connectivity index (χ0v) is 13.6. The Labute approximate surface area is 118 Å². The van der Waals surface area contributed by atoms with Crippen molar-refractivity contribution in [3.63, 3.8) is 0 Å². The molecule has 1 atom stereocenters.